The highest BCUT2D eigenvalue weighted by atomic mass is 31.2. The van der Waals surface area contributed by atoms with Crippen molar-refractivity contribution in [2.75, 3.05) is 6.61 Å². The molecule has 0 aromatic heterocycles. The normalized spacial score (nSPS) is 13.0. The van der Waals surface area contributed by atoms with Gasteiger partial charge in [0.25, 0.3) is 0 Å². The van der Waals surface area contributed by atoms with Crippen molar-refractivity contribution in [1.29, 1.82) is 0 Å². The SMILES string of the molecule is CCCCCCCCCCCCCCCCCCCCCCCCCCCCCCCCCCC(=O)N[C@@H](COP(=O)(O)O)[C@H](O)CCCCCCCCCCCCC. The first kappa shape index (κ1) is 58.5. The third kappa shape index (κ3) is 48.4. The van der Waals surface area contributed by atoms with E-state index in [0.717, 1.165) is 38.5 Å². The van der Waals surface area contributed by atoms with Crippen LogP contribution in [-0.2, 0) is 13.9 Å². The maximum Gasteiger partial charge on any atom is 0.469 e. The molecule has 0 aliphatic rings. The molecule has 0 aliphatic heterocycles. The smallest absolute Gasteiger partial charge is 0.391 e. The number of phosphoric ester groups is 1. The maximum atomic E-state index is 12.6. The molecule has 354 valence electrons. The van der Waals surface area contributed by atoms with Gasteiger partial charge in [-0.05, 0) is 12.8 Å². The van der Waals surface area contributed by atoms with Crippen molar-refractivity contribution in [3.63, 3.8) is 0 Å². The zero-order valence-corrected chi connectivity index (χ0v) is 40.6. The second kappa shape index (κ2) is 47.0. The zero-order chi connectivity index (χ0) is 43.2. The largest absolute Gasteiger partial charge is 0.469 e. The molecular weight excluding hydrogens is 754 g/mol. The van der Waals surface area contributed by atoms with E-state index < -0.39 is 26.6 Å². The second-order valence-electron chi connectivity index (χ2n) is 18.6. The Labute approximate surface area is 368 Å². The monoisotopic (exact) mass is 858 g/mol. The minimum atomic E-state index is -4.69. The highest BCUT2D eigenvalue weighted by Crippen LogP contribution is 2.36. The summed E-state index contributed by atoms with van der Waals surface area (Å²) in [5.74, 6) is -0.187. The quantitative estimate of drug-likeness (QED) is 0.0358. The maximum absolute atomic E-state index is 12.6. The fourth-order valence-corrected chi connectivity index (χ4v) is 8.94. The Hall–Kier alpha value is -0.460. The van der Waals surface area contributed by atoms with E-state index >= 15 is 0 Å². The van der Waals surface area contributed by atoms with E-state index in [4.69, 9.17) is 0 Å². The van der Waals surface area contributed by atoms with E-state index in [0.29, 0.717) is 12.8 Å². The average Bonchev–Trinajstić information content (AvgIpc) is 3.21. The van der Waals surface area contributed by atoms with Gasteiger partial charge in [-0.2, -0.15) is 0 Å². The summed E-state index contributed by atoms with van der Waals surface area (Å²) in [6, 6.07) is -0.818. The van der Waals surface area contributed by atoms with Crippen LogP contribution in [0, 0.1) is 0 Å². The molecule has 0 saturated heterocycles. The van der Waals surface area contributed by atoms with Crippen LogP contribution in [0.1, 0.15) is 303 Å². The second-order valence-corrected chi connectivity index (χ2v) is 19.8. The van der Waals surface area contributed by atoms with Crippen LogP contribution >= 0.6 is 7.82 Å². The van der Waals surface area contributed by atoms with Gasteiger partial charge in [0.2, 0.25) is 5.91 Å². The van der Waals surface area contributed by atoms with Gasteiger partial charge in [-0.1, -0.05) is 284 Å². The van der Waals surface area contributed by atoms with Gasteiger partial charge in [-0.3, -0.25) is 9.32 Å². The molecule has 0 heterocycles. The van der Waals surface area contributed by atoms with Crippen molar-refractivity contribution < 1.29 is 28.8 Å². The predicted molar refractivity (Wildman–Crippen MR) is 255 cm³/mol. The fraction of sp³-hybridized carbons (Fsp3) is 0.980. The van der Waals surface area contributed by atoms with Crippen molar-refractivity contribution in [1.82, 2.24) is 5.32 Å². The number of aliphatic hydroxyl groups excluding tert-OH is 1. The predicted octanol–water partition coefficient (Wildman–Crippen LogP) is 16.5. The molecule has 0 radical (unpaired) electrons. The molecule has 0 bridgehead atoms. The first-order chi connectivity index (χ1) is 28.8. The lowest BCUT2D eigenvalue weighted by Crippen LogP contribution is -2.46. The van der Waals surface area contributed by atoms with E-state index in [1.807, 2.05) is 0 Å². The molecule has 7 nitrogen and oxygen atoms in total. The molecule has 0 aromatic rings. The standard InChI is InChI=1S/C51H104NO6P/c1-3-5-7-9-11-13-15-16-17-18-19-20-21-22-23-24-25-26-27-28-29-30-31-32-33-34-35-37-39-41-43-45-47-51(54)52-49(48-58-59(55,56)57)50(53)46-44-42-40-38-36-14-12-10-8-6-4-2/h49-50,53H,3-48H2,1-2H3,(H,52,54)(H2,55,56,57)/t49-,50+/m0/s1. The van der Waals surface area contributed by atoms with E-state index in [9.17, 15) is 24.3 Å². The molecule has 1 amide bonds. The minimum absolute atomic E-state index is 0.187. The van der Waals surface area contributed by atoms with E-state index in [-0.39, 0.29) is 5.91 Å². The molecule has 0 saturated carbocycles. The molecule has 0 aromatic carbocycles. The molecule has 0 spiro atoms. The van der Waals surface area contributed by atoms with Gasteiger partial charge in [0.15, 0.2) is 0 Å². The van der Waals surface area contributed by atoms with Gasteiger partial charge in [-0.15, -0.1) is 0 Å². The molecule has 0 unspecified atom stereocenters. The van der Waals surface area contributed by atoms with Crippen molar-refractivity contribution in [2.24, 2.45) is 0 Å². The van der Waals surface area contributed by atoms with Crippen molar-refractivity contribution in [3.05, 3.63) is 0 Å². The van der Waals surface area contributed by atoms with Crippen LogP contribution in [0.25, 0.3) is 0 Å². The number of unbranched alkanes of at least 4 members (excludes halogenated alkanes) is 41. The van der Waals surface area contributed by atoms with E-state index in [1.54, 1.807) is 0 Å². The summed E-state index contributed by atoms with van der Waals surface area (Å²) < 4.78 is 16.0. The highest BCUT2D eigenvalue weighted by molar-refractivity contribution is 7.46. The Morgan fingerprint density at radius 1 is 0.424 bits per heavy atom. The highest BCUT2D eigenvalue weighted by Gasteiger charge is 2.25. The molecule has 4 N–H and O–H groups in total. The minimum Gasteiger partial charge on any atom is -0.391 e. The van der Waals surface area contributed by atoms with Gasteiger partial charge < -0.3 is 20.2 Å². The number of amides is 1. The summed E-state index contributed by atoms with van der Waals surface area (Å²) in [4.78, 5) is 31.0. The summed E-state index contributed by atoms with van der Waals surface area (Å²) in [6.45, 7) is 4.14. The lowest BCUT2D eigenvalue weighted by Gasteiger charge is -2.24. The molecule has 2 atom stereocenters. The number of carbonyl (C=O) groups is 1. The van der Waals surface area contributed by atoms with Gasteiger partial charge >= 0.3 is 7.82 Å². The van der Waals surface area contributed by atoms with Crippen LogP contribution in [0.5, 0.6) is 0 Å². The Bertz CT molecular complexity index is 884. The van der Waals surface area contributed by atoms with Crippen LogP contribution in [0.3, 0.4) is 0 Å². The van der Waals surface area contributed by atoms with Gasteiger partial charge in [-0.25, -0.2) is 4.57 Å². The van der Waals surface area contributed by atoms with Gasteiger partial charge in [0, 0.05) is 6.42 Å². The number of phosphoric acid groups is 1. The van der Waals surface area contributed by atoms with Crippen LogP contribution in [0.15, 0.2) is 0 Å². The molecule has 59 heavy (non-hydrogen) atoms. The van der Waals surface area contributed by atoms with Crippen molar-refractivity contribution >= 4 is 13.7 Å². The lowest BCUT2D eigenvalue weighted by molar-refractivity contribution is -0.123. The first-order valence-corrected chi connectivity index (χ1v) is 28.0. The van der Waals surface area contributed by atoms with Crippen molar-refractivity contribution in [2.45, 2.75) is 315 Å². The topological polar surface area (TPSA) is 116 Å². The molecule has 0 aliphatic carbocycles. The number of hydrogen-bond donors (Lipinski definition) is 4. The number of rotatable bonds is 50. The van der Waals surface area contributed by atoms with Crippen LogP contribution in [0.4, 0.5) is 0 Å². The number of aliphatic hydroxyl groups is 1. The summed E-state index contributed by atoms with van der Waals surface area (Å²) in [5.41, 5.74) is 0. The van der Waals surface area contributed by atoms with Crippen LogP contribution < -0.4 is 5.32 Å². The Morgan fingerprint density at radius 3 is 0.915 bits per heavy atom. The summed E-state index contributed by atoms with van der Waals surface area (Å²) in [5, 5.41) is 13.5. The molecule has 0 fully saturated rings. The lowest BCUT2D eigenvalue weighted by atomic mass is 10.0. The van der Waals surface area contributed by atoms with E-state index in [2.05, 4.69) is 23.7 Å². The van der Waals surface area contributed by atoms with Crippen LogP contribution in [0.2, 0.25) is 0 Å². The first-order valence-electron chi connectivity index (χ1n) is 26.5. The summed E-state index contributed by atoms with van der Waals surface area (Å²) in [6.07, 6.45) is 57.2. The van der Waals surface area contributed by atoms with Gasteiger partial charge in [0.05, 0.1) is 18.8 Å². The summed E-state index contributed by atoms with van der Waals surface area (Å²) >= 11 is 0. The number of carbonyl (C=O) groups excluding carboxylic acids is 1. The third-order valence-electron chi connectivity index (χ3n) is 12.6. The average molecular weight is 858 g/mol. The fourth-order valence-electron chi connectivity index (χ4n) is 8.59. The third-order valence-corrected chi connectivity index (χ3v) is 13.1. The van der Waals surface area contributed by atoms with Gasteiger partial charge in [0.1, 0.15) is 0 Å². The molecule has 0 rings (SSSR count). The number of nitrogens with one attached hydrogen (secondary N) is 1. The zero-order valence-electron chi connectivity index (χ0n) is 39.7. The van der Waals surface area contributed by atoms with Crippen molar-refractivity contribution in [3.8, 4) is 0 Å². The summed E-state index contributed by atoms with van der Waals surface area (Å²) in [7, 11) is -4.69. The number of hydrogen-bond acceptors (Lipinski definition) is 4. The Kier molecular flexibility index (Phi) is 46.7. The molecule has 8 heteroatoms. The Morgan fingerprint density at radius 2 is 0.661 bits per heavy atom. The van der Waals surface area contributed by atoms with E-state index in [1.165, 1.54) is 238 Å². The molecular formula is C51H104NO6P. The Balaban J connectivity index is 3.59. The van der Waals surface area contributed by atoms with Crippen LogP contribution in [-0.4, -0.2) is 39.6 Å².